The highest BCUT2D eigenvalue weighted by Crippen LogP contribution is 2.41. The fraction of sp³-hybridized carbons (Fsp3) is 0.182. The number of carbonyl (C=O) groups is 1. The molecule has 2 aromatic carbocycles. The number of nitrogens with zero attached hydrogens (tertiary/aromatic N) is 1. The smallest absolute Gasteiger partial charge is 0.344 e. The van der Waals surface area contributed by atoms with Gasteiger partial charge in [-0.15, -0.1) is 0 Å². The number of aromatic hydroxyl groups is 1. The number of phenolic OH excluding ortho intramolecular Hbond substituents is 1. The molecule has 2 N–H and O–H groups in total. The van der Waals surface area contributed by atoms with E-state index in [4.69, 9.17) is 18.9 Å². The molecule has 0 unspecified atom stereocenters. The highest BCUT2D eigenvalue weighted by Gasteiger charge is 2.33. The first-order valence-electron chi connectivity index (χ1n) is 9.01. The second-order valence-electron chi connectivity index (χ2n) is 6.21. The molecule has 0 fully saturated rings. The molecule has 1 heterocycles. The monoisotopic (exact) mass is 443 g/mol. The lowest BCUT2D eigenvalue weighted by Gasteiger charge is -2.08. The van der Waals surface area contributed by atoms with Crippen molar-refractivity contribution in [3.05, 3.63) is 58.2 Å². The molecule has 0 aromatic heterocycles. The lowest BCUT2D eigenvalue weighted by molar-refractivity contribution is -0.135. The van der Waals surface area contributed by atoms with Crippen LogP contribution < -0.4 is 14.2 Å². The third-order valence-electron chi connectivity index (χ3n) is 4.38. The van der Waals surface area contributed by atoms with E-state index >= 15 is 0 Å². The maximum atomic E-state index is 12.3. The summed E-state index contributed by atoms with van der Waals surface area (Å²) >= 11 is 1.10. The summed E-state index contributed by atoms with van der Waals surface area (Å²) in [6.45, 7) is 0. The molecule has 0 saturated heterocycles. The third-order valence-corrected chi connectivity index (χ3v) is 5.40. The number of phenols is 1. The molecule has 0 radical (unpaired) electrons. The summed E-state index contributed by atoms with van der Waals surface area (Å²) < 4.78 is 20.4. The Kier molecular flexibility index (Phi) is 6.76. The first-order chi connectivity index (χ1) is 14.9. The number of ether oxygens (including phenoxy) is 4. The van der Waals surface area contributed by atoms with Gasteiger partial charge in [0.1, 0.15) is 16.4 Å². The van der Waals surface area contributed by atoms with E-state index in [-0.39, 0.29) is 22.1 Å². The first kappa shape index (κ1) is 22.1. The van der Waals surface area contributed by atoms with E-state index in [1.54, 1.807) is 36.4 Å². The average Bonchev–Trinajstić information content (AvgIpc) is 3.07. The lowest BCUT2D eigenvalue weighted by atomic mass is 10.1. The van der Waals surface area contributed by atoms with Crippen LogP contribution in [0.25, 0.3) is 6.08 Å². The molecule has 0 spiro atoms. The first-order valence-corrected chi connectivity index (χ1v) is 9.83. The Morgan fingerprint density at radius 1 is 0.935 bits per heavy atom. The zero-order valence-corrected chi connectivity index (χ0v) is 18.1. The third kappa shape index (κ3) is 4.61. The van der Waals surface area contributed by atoms with E-state index in [0.717, 1.165) is 11.8 Å². The molecule has 1 aliphatic rings. The summed E-state index contributed by atoms with van der Waals surface area (Å²) in [6.07, 6.45) is 1.62. The van der Waals surface area contributed by atoms with Crippen molar-refractivity contribution in [3.8, 4) is 23.0 Å². The zero-order chi connectivity index (χ0) is 22.5. The summed E-state index contributed by atoms with van der Waals surface area (Å²) in [7, 11) is 5.72. The van der Waals surface area contributed by atoms with Gasteiger partial charge in [0, 0.05) is 6.07 Å². The van der Waals surface area contributed by atoms with Crippen molar-refractivity contribution in [1.29, 1.82) is 0 Å². The van der Waals surface area contributed by atoms with E-state index < -0.39 is 5.97 Å². The lowest BCUT2D eigenvalue weighted by Crippen LogP contribution is -2.10. The van der Waals surface area contributed by atoms with Crippen LogP contribution in [0.1, 0.15) is 5.56 Å². The normalized spacial score (nSPS) is 16.0. The molecule has 2 aromatic rings. The number of aliphatic hydroxyl groups excluding tert-OH is 1. The van der Waals surface area contributed by atoms with E-state index in [0.29, 0.717) is 33.4 Å². The Morgan fingerprint density at radius 3 is 2.23 bits per heavy atom. The number of carbonyl (C=O) groups excluding carboxylic acids is 1. The van der Waals surface area contributed by atoms with Crippen LogP contribution in [0.2, 0.25) is 0 Å². The van der Waals surface area contributed by atoms with Crippen LogP contribution in [-0.4, -0.2) is 49.7 Å². The van der Waals surface area contributed by atoms with Gasteiger partial charge in [0.25, 0.3) is 0 Å². The minimum Gasteiger partial charge on any atom is -0.506 e. The zero-order valence-electron chi connectivity index (χ0n) is 17.3. The molecule has 0 bridgehead atoms. The van der Waals surface area contributed by atoms with Crippen LogP contribution in [-0.2, 0) is 9.53 Å². The summed E-state index contributed by atoms with van der Waals surface area (Å²) in [6, 6.07) is 9.84. The average molecular weight is 443 g/mol. The van der Waals surface area contributed by atoms with Crippen LogP contribution in [0.5, 0.6) is 23.0 Å². The van der Waals surface area contributed by atoms with Gasteiger partial charge in [0.05, 0.1) is 39.0 Å². The van der Waals surface area contributed by atoms with Crippen LogP contribution in [0.4, 0.5) is 5.69 Å². The Balaban J connectivity index is 2.03. The Hall–Kier alpha value is -3.59. The van der Waals surface area contributed by atoms with Gasteiger partial charge in [-0.05, 0) is 35.9 Å². The SMILES string of the molecule is COC(=O)C1=C(O)/C(=C\c2ccc(OC)c(O)c2)SC1=Nc1ccc(OC)c(OC)c1. The van der Waals surface area contributed by atoms with E-state index in [9.17, 15) is 15.0 Å². The summed E-state index contributed by atoms with van der Waals surface area (Å²) in [5.74, 6) is 0.320. The standard InChI is InChI=1S/C22H21NO7S/c1-27-15-7-5-12(9-14(15)24)10-18-20(25)19(22(26)30-4)21(31-18)23-13-6-8-16(28-2)17(11-13)29-3/h5-11,24-25H,1-4H3/b18-10+,23-21?. The fourth-order valence-corrected chi connectivity index (χ4v) is 3.89. The molecule has 0 aliphatic carbocycles. The molecular weight excluding hydrogens is 422 g/mol. The number of hydrogen-bond acceptors (Lipinski definition) is 9. The van der Waals surface area contributed by atoms with Gasteiger partial charge in [0.15, 0.2) is 23.0 Å². The van der Waals surface area contributed by atoms with Gasteiger partial charge in [-0.2, -0.15) is 0 Å². The molecule has 0 atom stereocenters. The van der Waals surface area contributed by atoms with Crippen LogP contribution >= 0.6 is 11.8 Å². The number of rotatable bonds is 6. The molecule has 162 valence electrons. The molecule has 0 amide bonds. The number of methoxy groups -OCH3 is 4. The molecule has 8 nitrogen and oxygen atoms in total. The van der Waals surface area contributed by atoms with Crippen molar-refractivity contribution in [2.45, 2.75) is 0 Å². The predicted molar refractivity (Wildman–Crippen MR) is 119 cm³/mol. The van der Waals surface area contributed by atoms with Crippen LogP contribution in [0, 0.1) is 0 Å². The minimum absolute atomic E-state index is 0.0456. The van der Waals surface area contributed by atoms with Crippen molar-refractivity contribution in [2.75, 3.05) is 28.4 Å². The molecule has 1 aliphatic heterocycles. The highest BCUT2D eigenvalue weighted by molar-refractivity contribution is 8.18. The van der Waals surface area contributed by atoms with E-state index in [1.165, 1.54) is 34.5 Å². The minimum atomic E-state index is -0.717. The van der Waals surface area contributed by atoms with Gasteiger partial charge in [-0.3, -0.25) is 0 Å². The van der Waals surface area contributed by atoms with Crippen molar-refractivity contribution in [3.63, 3.8) is 0 Å². The van der Waals surface area contributed by atoms with Crippen LogP contribution in [0.15, 0.2) is 57.6 Å². The largest absolute Gasteiger partial charge is 0.506 e. The van der Waals surface area contributed by atoms with Crippen molar-refractivity contribution in [1.82, 2.24) is 0 Å². The summed E-state index contributed by atoms with van der Waals surface area (Å²) in [5.41, 5.74) is 1.05. The van der Waals surface area contributed by atoms with Crippen LogP contribution in [0.3, 0.4) is 0 Å². The maximum absolute atomic E-state index is 12.3. The second-order valence-corrected chi connectivity index (χ2v) is 7.24. The predicted octanol–water partition coefficient (Wildman–Crippen LogP) is 4.22. The number of hydrogen-bond donors (Lipinski definition) is 2. The number of aliphatic imine (C=N–C) groups is 1. The Labute approximate surface area is 183 Å². The number of benzene rings is 2. The molecule has 3 rings (SSSR count). The van der Waals surface area contributed by atoms with Crippen molar-refractivity contribution < 1.29 is 34.0 Å². The maximum Gasteiger partial charge on any atom is 0.344 e. The Bertz CT molecular complexity index is 1110. The van der Waals surface area contributed by atoms with E-state index in [2.05, 4.69) is 4.99 Å². The van der Waals surface area contributed by atoms with Gasteiger partial charge in [-0.25, -0.2) is 9.79 Å². The fourth-order valence-electron chi connectivity index (χ4n) is 2.85. The quantitative estimate of drug-likeness (QED) is 0.639. The summed E-state index contributed by atoms with van der Waals surface area (Å²) in [4.78, 5) is 17.2. The van der Waals surface area contributed by atoms with Gasteiger partial charge in [0.2, 0.25) is 0 Å². The molecular formula is C22H21NO7S. The van der Waals surface area contributed by atoms with Gasteiger partial charge in [-0.1, -0.05) is 17.8 Å². The summed E-state index contributed by atoms with van der Waals surface area (Å²) in [5, 5.41) is 20.9. The number of aliphatic hydroxyl groups is 1. The molecule has 31 heavy (non-hydrogen) atoms. The molecule has 0 saturated carbocycles. The highest BCUT2D eigenvalue weighted by atomic mass is 32.2. The second kappa shape index (κ2) is 9.48. The number of esters is 1. The Morgan fingerprint density at radius 2 is 1.61 bits per heavy atom. The molecule has 9 heteroatoms. The van der Waals surface area contributed by atoms with Gasteiger partial charge < -0.3 is 29.2 Å². The van der Waals surface area contributed by atoms with Crippen molar-refractivity contribution >= 4 is 34.5 Å². The van der Waals surface area contributed by atoms with E-state index in [1.807, 2.05) is 0 Å². The van der Waals surface area contributed by atoms with Gasteiger partial charge >= 0.3 is 5.97 Å². The number of thioether (sulfide) groups is 1. The van der Waals surface area contributed by atoms with Crippen molar-refractivity contribution in [2.24, 2.45) is 4.99 Å². The topological polar surface area (TPSA) is 107 Å².